The summed E-state index contributed by atoms with van der Waals surface area (Å²) in [5.41, 5.74) is 1.03. The number of anilines is 3. The van der Waals surface area contributed by atoms with Crippen LogP contribution in [0.2, 0.25) is 5.02 Å². The number of amides is 4. The molecule has 7 nitrogen and oxygen atoms in total. The van der Waals surface area contributed by atoms with Crippen LogP contribution in [-0.4, -0.2) is 55.5 Å². The predicted octanol–water partition coefficient (Wildman–Crippen LogP) is 4.20. The molecule has 3 aromatic rings. The highest BCUT2D eigenvalue weighted by atomic mass is 35.5. The molecule has 4 amide bonds. The Labute approximate surface area is 214 Å². The first kappa shape index (κ1) is 22.8. The maximum atomic E-state index is 14.6. The van der Waals surface area contributed by atoms with E-state index in [4.69, 9.17) is 11.6 Å². The summed E-state index contributed by atoms with van der Waals surface area (Å²) >= 11 is 6.68. The number of rotatable bonds is 2. The van der Waals surface area contributed by atoms with Crippen LogP contribution in [0.4, 0.5) is 21.9 Å². The minimum Gasteiger partial charge on any atom is -0.364 e. The summed E-state index contributed by atoms with van der Waals surface area (Å²) in [6, 6.07) is 22.2. The van der Waals surface area contributed by atoms with E-state index in [-0.39, 0.29) is 6.42 Å². The van der Waals surface area contributed by atoms with Gasteiger partial charge in [0.25, 0.3) is 11.8 Å². The van der Waals surface area contributed by atoms with Crippen LogP contribution < -0.4 is 14.7 Å². The fourth-order valence-electron chi connectivity index (χ4n) is 5.83. The van der Waals surface area contributed by atoms with Gasteiger partial charge in [0.05, 0.1) is 17.4 Å². The number of nitrogens with zero attached hydrogens (tertiary/aromatic N) is 4. The van der Waals surface area contributed by atoms with Crippen molar-refractivity contribution in [3.05, 3.63) is 89.4 Å². The summed E-state index contributed by atoms with van der Waals surface area (Å²) in [5.74, 6) is -1.02. The molecule has 0 radical (unpaired) electrons. The van der Waals surface area contributed by atoms with E-state index >= 15 is 0 Å². The molecule has 1 spiro atoms. The van der Waals surface area contributed by atoms with E-state index in [0.29, 0.717) is 29.5 Å². The first-order valence-corrected chi connectivity index (χ1v) is 12.4. The van der Waals surface area contributed by atoms with Crippen molar-refractivity contribution >= 4 is 46.5 Å². The molecule has 3 aliphatic heterocycles. The summed E-state index contributed by atoms with van der Waals surface area (Å²) in [5, 5.41) is 0.513. The van der Waals surface area contributed by atoms with Crippen molar-refractivity contribution in [1.29, 1.82) is 0 Å². The Bertz CT molecular complexity index is 1300. The van der Waals surface area contributed by atoms with E-state index in [0.717, 1.165) is 17.8 Å². The van der Waals surface area contributed by atoms with Crippen LogP contribution in [0.1, 0.15) is 5.56 Å². The fraction of sp³-hybridized carbons (Fsp3) is 0.250. The SMILES string of the molecule is CN1CCN2c3cccc(Cl)c3CC3(C(=O)N(c4ccccc4)C(=O)N(c4ccccc4)C3=O)[C@H]2C1. The van der Waals surface area contributed by atoms with Crippen molar-refractivity contribution in [3.8, 4) is 0 Å². The number of hydrogen-bond donors (Lipinski definition) is 0. The molecule has 0 unspecified atom stereocenters. The Kier molecular flexibility index (Phi) is 5.35. The summed E-state index contributed by atoms with van der Waals surface area (Å²) < 4.78 is 0. The molecule has 0 aromatic heterocycles. The Morgan fingerprint density at radius 1 is 0.778 bits per heavy atom. The molecule has 2 saturated heterocycles. The Hall–Kier alpha value is -3.68. The predicted molar refractivity (Wildman–Crippen MR) is 139 cm³/mol. The van der Waals surface area contributed by atoms with Gasteiger partial charge in [-0.2, -0.15) is 0 Å². The highest BCUT2D eigenvalue weighted by Gasteiger charge is 2.65. The molecule has 3 heterocycles. The summed E-state index contributed by atoms with van der Waals surface area (Å²) in [6.45, 7) is 1.93. The van der Waals surface area contributed by atoms with Gasteiger partial charge in [0.15, 0.2) is 5.41 Å². The van der Waals surface area contributed by atoms with Crippen molar-refractivity contribution < 1.29 is 14.4 Å². The van der Waals surface area contributed by atoms with E-state index in [9.17, 15) is 14.4 Å². The van der Waals surface area contributed by atoms with E-state index in [2.05, 4.69) is 9.80 Å². The van der Waals surface area contributed by atoms with Crippen molar-refractivity contribution in [2.45, 2.75) is 12.5 Å². The van der Waals surface area contributed by atoms with Gasteiger partial charge < -0.3 is 9.80 Å². The molecule has 0 bridgehead atoms. The average Bonchev–Trinajstić information content (AvgIpc) is 2.89. The highest BCUT2D eigenvalue weighted by Crippen LogP contribution is 2.50. The maximum Gasteiger partial charge on any atom is 0.342 e. The smallest absolute Gasteiger partial charge is 0.342 e. The normalized spacial score (nSPS) is 21.6. The van der Waals surface area contributed by atoms with Crippen LogP contribution in [0.25, 0.3) is 0 Å². The summed E-state index contributed by atoms with van der Waals surface area (Å²) in [4.78, 5) is 49.6. The molecule has 8 heteroatoms. The van der Waals surface area contributed by atoms with Gasteiger partial charge in [-0.25, -0.2) is 14.6 Å². The van der Waals surface area contributed by atoms with Gasteiger partial charge in [0.2, 0.25) is 0 Å². The third kappa shape index (κ3) is 3.20. The second-order valence-electron chi connectivity index (χ2n) is 9.59. The molecule has 6 rings (SSSR count). The summed E-state index contributed by atoms with van der Waals surface area (Å²) in [7, 11) is 1.99. The van der Waals surface area contributed by atoms with Gasteiger partial charge in [0.1, 0.15) is 0 Å². The molecule has 1 atom stereocenters. The second kappa shape index (κ2) is 8.47. The number of hydrogen-bond acceptors (Lipinski definition) is 5. The second-order valence-corrected chi connectivity index (χ2v) is 10.00. The Morgan fingerprint density at radius 2 is 1.36 bits per heavy atom. The topological polar surface area (TPSA) is 64.2 Å². The number of fused-ring (bicyclic) bond motifs is 4. The van der Waals surface area contributed by atoms with Crippen LogP contribution in [0, 0.1) is 5.41 Å². The molecule has 3 aliphatic rings. The number of benzene rings is 3. The minimum absolute atomic E-state index is 0.120. The molecule has 36 heavy (non-hydrogen) atoms. The zero-order valence-electron chi connectivity index (χ0n) is 19.8. The number of urea groups is 1. The number of barbiturate groups is 1. The van der Waals surface area contributed by atoms with Gasteiger partial charge in [-0.3, -0.25) is 9.59 Å². The van der Waals surface area contributed by atoms with E-state index < -0.39 is 29.3 Å². The maximum absolute atomic E-state index is 14.6. The number of halogens is 1. The largest absolute Gasteiger partial charge is 0.364 e. The van der Waals surface area contributed by atoms with Gasteiger partial charge in [-0.15, -0.1) is 0 Å². The molecule has 3 aromatic carbocycles. The lowest BCUT2D eigenvalue weighted by atomic mass is 9.67. The number of carbonyl (C=O) groups is 3. The molecule has 0 saturated carbocycles. The van der Waals surface area contributed by atoms with Gasteiger partial charge in [-0.1, -0.05) is 54.1 Å². The zero-order chi connectivity index (χ0) is 25.0. The van der Waals surface area contributed by atoms with Crippen LogP contribution in [-0.2, 0) is 16.0 Å². The summed E-state index contributed by atoms with van der Waals surface area (Å²) in [6.07, 6.45) is 0.120. The minimum atomic E-state index is -1.54. The number of imide groups is 2. The van der Waals surface area contributed by atoms with E-state index in [1.165, 1.54) is 9.80 Å². The lowest BCUT2D eigenvalue weighted by molar-refractivity contribution is -0.143. The zero-order valence-corrected chi connectivity index (χ0v) is 20.6. The van der Waals surface area contributed by atoms with Crippen LogP contribution in [0.5, 0.6) is 0 Å². The Balaban J connectivity index is 1.61. The van der Waals surface area contributed by atoms with Crippen LogP contribution >= 0.6 is 11.6 Å². The molecular weight excluding hydrogens is 476 g/mol. The third-order valence-electron chi connectivity index (χ3n) is 7.59. The third-order valence-corrected chi connectivity index (χ3v) is 7.95. The van der Waals surface area contributed by atoms with Crippen molar-refractivity contribution in [2.24, 2.45) is 5.41 Å². The molecule has 0 N–H and O–H groups in total. The molecule has 182 valence electrons. The van der Waals surface area contributed by atoms with Crippen molar-refractivity contribution in [3.63, 3.8) is 0 Å². The fourth-order valence-corrected chi connectivity index (χ4v) is 6.06. The number of carbonyl (C=O) groups excluding carboxylic acids is 3. The standard InChI is InChI=1S/C28H25ClN4O3/c1-30-15-16-31-23-14-8-13-22(29)21(23)17-28(24(31)18-30)25(34)32(19-9-4-2-5-10-19)27(36)33(26(28)35)20-11-6-3-7-12-20/h2-14,24H,15-18H2,1H3/t24-/m1/s1. The number of piperazine rings is 1. The first-order valence-electron chi connectivity index (χ1n) is 12.0. The van der Waals surface area contributed by atoms with Gasteiger partial charge in [-0.05, 0) is 49.0 Å². The molecule has 0 aliphatic carbocycles. The van der Waals surface area contributed by atoms with E-state index in [1.54, 1.807) is 54.6 Å². The molecular formula is C28H25ClN4O3. The van der Waals surface area contributed by atoms with Crippen molar-refractivity contribution in [1.82, 2.24) is 4.90 Å². The number of para-hydroxylation sites is 2. The van der Waals surface area contributed by atoms with E-state index in [1.807, 2.05) is 31.3 Å². The lowest BCUT2D eigenvalue weighted by Gasteiger charge is -2.56. The Morgan fingerprint density at radius 3 is 1.94 bits per heavy atom. The quantitative estimate of drug-likeness (QED) is 0.493. The monoisotopic (exact) mass is 500 g/mol. The van der Waals surface area contributed by atoms with Crippen molar-refractivity contribution in [2.75, 3.05) is 41.4 Å². The van der Waals surface area contributed by atoms with Gasteiger partial charge in [0, 0.05) is 36.8 Å². The molecule has 2 fully saturated rings. The lowest BCUT2D eigenvalue weighted by Crippen LogP contribution is -2.76. The van der Waals surface area contributed by atoms with Crippen LogP contribution in [0.3, 0.4) is 0 Å². The number of likely N-dealkylation sites (N-methyl/N-ethyl adjacent to an activating group) is 1. The highest BCUT2D eigenvalue weighted by molar-refractivity contribution is 6.39. The van der Waals surface area contributed by atoms with Gasteiger partial charge >= 0.3 is 6.03 Å². The van der Waals surface area contributed by atoms with Crippen LogP contribution in [0.15, 0.2) is 78.9 Å². The first-order chi connectivity index (χ1) is 17.4. The average molecular weight is 501 g/mol.